The number of fused-ring (bicyclic) bond motifs is 1. The monoisotopic (exact) mass is 301 g/mol. The average Bonchev–Trinajstić information content (AvgIpc) is 2.96. The van der Waals surface area contributed by atoms with Gasteiger partial charge in [-0.1, -0.05) is 25.1 Å². The number of ether oxygens (including phenoxy) is 1. The van der Waals surface area contributed by atoms with Gasteiger partial charge in [-0.05, 0) is 36.6 Å². The topological polar surface area (TPSA) is 51.4 Å². The lowest BCUT2D eigenvalue weighted by Gasteiger charge is -2.27. The van der Waals surface area contributed by atoms with Crippen LogP contribution in [0.2, 0.25) is 0 Å². The van der Waals surface area contributed by atoms with Crippen molar-refractivity contribution in [3.63, 3.8) is 0 Å². The molecule has 2 heterocycles. The molecule has 0 fully saturated rings. The molecular formula is C17H23N3O2. The lowest BCUT2D eigenvalue weighted by molar-refractivity contribution is 0.234. The summed E-state index contributed by atoms with van der Waals surface area (Å²) >= 11 is 0. The van der Waals surface area contributed by atoms with E-state index >= 15 is 0 Å². The zero-order valence-corrected chi connectivity index (χ0v) is 13.5. The smallest absolute Gasteiger partial charge is 0.229 e. The minimum Gasteiger partial charge on any atom is -0.494 e. The predicted octanol–water partition coefficient (Wildman–Crippen LogP) is 3.15. The minimum absolute atomic E-state index is 0.275. The second-order valence-electron chi connectivity index (χ2n) is 6.03. The maximum atomic E-state index is 5.60. The quantitative estimate of drug-likeness (QED) is 0.849. The molecule has 5 heteroatoms. The van der Waals surface area contributed by atoms with Crippen LogP contribution in [0.3, 0.4) is 0 Å². The van der Waals surface area contributed by atoms with Crippen molar-refractivity contribution in [2.75, 3.05) is 13.2 Å². The number of aromatic nitrogens is 2. The third-order valence-corrected chi connectivity index (χ3v) is 3.92. The van der Waals surface area contributed by atoms with Crippen molar-refractivity contribution in [3.05, 3.63) is 41.0 Å². The first-order valence-corrected chi connectivity index (χ1v) is 7.95. The van der Waals surface area contributed by atoms with Crippen LogP contribution in [-0.4, -0.2) is 28.2 Å². The van der Waals surface area contributed by atoms with Gasteiger partial charge in [-0.3, -0.25) is 4.90 Å². The fraction of sp³-hybridized carbons (Fsp3) is 0.529. The van der Waals surface area contributed by atoms with Crippen molar-refractivity contribution in [3.8, 4) is 5.75 Å². The van der Waals surface area contributed by atoms with Crippen LogP contribution < -0.4 is 4.74 Å². The van der Waals surface area contributed by atoms with Crippen LogP contribution in [0.4, 0.5) is 0 Å². The molecule has 2 aromatic rings. The molecule has 0 bridgehead atoms. The van der Waals surface area contributed by atoms with Crippen molar-refractivity contribution in [1.29, 1.82) is 0 Å². The van der Waals surface area contributed by atoms with Crippen LogP contribution in [0.25, 0.3) is 0 Å². The Morgan fingerprint density at radius 2 is 2.18 bits per heavy atom. The molecule has 0 aliphatic carbocycles. The molecule has 3 rings (SSSR count). The van der Waals surface area contributed by atoms with Gasteiger partial charge in [-0.2, -0.15) is 4.98 Å². The lowest BCUT2D eigenvalue weighted by atomic mass is 9.99. The average molecular weight is 301 g/mol. The first kappa shape index (κ1) is 15.0. The molecule has 1 aliphatic heterocycles. The first-order chi connectivity index (χ1) is 10.7. The van der Waals surface area contributed by atoms with Crippen LogP contribution >= 0.6 is 0 Å². The van der Waals surface area contributed by atoms with E-state index in [1.54, 1.807) is 0 Å². The SMILES string of the molecule is CCOc1ccc2c(c1)CN(Cc1noc(C(C)C)n1)CC2. The summed E-state index contributed by atoms with van der Waals surface area (Å²) in [5.41, 5.74) is 2.75. The van der Waals surface area contributed by atoms with Gasteiger partial charge < -0.3 is 9.26 Å². The Kier molecular flexibility index (Phi) is 4.43. The molecule has 22 heavy (non-hydrogen) atoms. The molecule has 0 saturated carbocycles. The zero-order chi connectivity index (χ0) is 15.5. The lowest BCUT2D eigenvalue weighted by Crippen LogP contribution is -2.30. The van der Waals surface area contributed by atoms with E-state index in [4.69, 9.17) is 9.26 Å². The van der Waals surface area contributed by atoms with Crippen LogP contribution in [-0.2, 0) is 19.5 Å². The van der Waals surface area contributed by atoms with Crippen LogP contribution in [0.15, 0.2) is 22.7 Å². The first-order valence-electron chi connectivity index (χ1n) is 7.95. The summed E-state index contributed by atoms with van der Waals surface area (Å²) in [7, 11) is 0. The molecule has 0 unspecified atom stereocenters. The second kappa shape index (κ2) is 6.48. The van der Waals surface area contributed by atoms with Crippen LogP contribution in [0.1, 0.15) is 49.5 Å². The zero-order valence-electron chi connectivity index (χ0n) is 13.5. The Hall–Kier alpha value is -1.88. The third kappa shape index (κ3) is 3.30. The summed E-state index contributed by atoms with van der Waals surface area (Å²) in [4.78, 5) is 6.82. The Balaban J connectivity index is 1.68. The molecule has 0 atom stereocenters. The van der Waals surface area contributed by atoms with E-state index in [0.717, 1.165) is 37.6 Å². The Morgan fingerprint density at radius 1 is 1.32 bits per heavy atom. The molecule has 1 aromatic heterocycles. The van der Waals surface area contributed by atoms with Gasteiger partial charge in [0.25, 0.3) is 0 Å². The molecule has 1 aliphatic rings. The summed E-state index contributed by atoms with van der Waals surface area (Å²) in [6.07, 6.45) is 1.05. The van der Waals surface area contributed by atoms with Crippen molar-refractivity contribution in [2.24, 2.45) is 0 Å². The van der Waals surface area contributed by atoms with E-state index < -0.39 is 0 Å². The standard InChI is InChI=1S/C17H23N3O2/c1-4-21-15-6-5-13-7-8-20(10-14(13)9-15)11-16-18-17(12(2)3)22-19-16/h5-6,9,12H,4,7-8,10-11H2,1-3H3. The van der Waals surface area contributed by atoms with Gasteiger partial charge in [-0.15, -0.1) is 0 Å². The molecule has 5 nitrogen and oxygen atoms in total. The highest BCUT2D eigenvalue weighted by molar-refractivity contribution is 5.37. The number of rotatable bonds is 5. The van der Waals surface area contributed by atoms with Gasteiger partial charge in [0, 0.05) is 19.0 Å². The van der Waals surface area contributed by atoms with Crippen molar-refractivity contribution in [2.45, 2.75) is 46.2 Å². The van der Waals surface area contributed by atoms with Crippen LogP contribution in [0.5, 0.6) is 5.75 Å². The largest absolute Gasteiger partial charge is 0.494 e. The van der Waals surface area contributed by atoms with E-state index in [9.17, 15) is 0 Å². The highest BCUT2D eigenvalue weighted by atomic mass is 16.5. The molecule has 118 valence electrons. The van der Waals surface area contributed by atoms with Crippen molar-refractivity contribution < 1.29 is 9.26 Å². The van der Waals surface area contributed by atoms with Gasteiger partial charge in [0.05, 0.1) is 13.2 Å². The summed E-state index contributed by atoms with van der Waals surface area (Å²) in [6, 6.07) is 6.40. The maximum absolute atomic E-state index is 5.60. The Labute approximate surface area is 131 Å². The van der Waals surface area contributed by atoms with Gasteiger partial charge in [0.2, 0.25) is 5.89 Å². The number of benzene rings is 1. The van der Waals surface area contributed by atoms with Gasteiger partial charge >= 0.3 is 0 Å². The number of hydrogen-bond acceptors (Lipinski definition) is 5. The third-order valence-electron chi connectivity index (χ3n) is 3.92. The fourth-order valence-electron chi connectivity index (χ4n) is 2.75. The van der Waals surface area contributed by atoms with Crippen molar-refractivity contribution >= 4 is 0 Å². The predicted molar refractivity (Wildman–Crippen MR) is 83.8 cm³/mol. The summed E-state index contributed by atoms with van der Waals surface area (Å²) in [6.45, 7) is 9.48. The van der Waals surface area contributed by atoms with E-state index in [-0.39, 0.29) is 5.92 Å². The second-order valence-corrected chi connectivity index (χ2v) is 6.03. The normalized spacial score (nSPS) is 15.1. The highest BCUT2D eigenvalue weighted by Crippen LogP contribution is 2.24. The Morgan fingerprint density at radius 3 is 2.91 bits per heavy atom. The molecule has 0 amide bonds. The number of hydrogen-bond donors (Lipinski definition) is 0. The molecule has 0 saturated heterocycles. The van der Waals surface area contributed by atoms with E-state index in [1.165, 1.54) is 11.1 Å². The number of nitrogens with zero attached hydrogens (tertiary/aromatic N) is 3. The molecule has 0 radical (unpaired) electrons. The maximum Gasteiger partial charge on any atom is 0.229 e. The van der Waals surface area contributed by atoms with E-state index in [0.29, 0.717) is 12.5 Å². The van der Waals surface area contributed by atoms with Crippen LogP contribution in [0, 0.1) is 0 Å². The molecular weight excluding hydrogens is 278 g/mol. The van der Waals surface area contributed by atoms with Gasteiger partial charge in [-0.25, -0.2) is 0 Å². The van der Waals surface area contributed by atoms with Crippen molar-refractivity contribution in [1.82, 2.24) is 15.0 Å². The Bertz CT molecular complexity index is 637. The van der Waals surface area contributed by atoms with E-state index in [1.807, 2.05) is 6.92 Å². The molecule has 0 spiro atoms. The van der Waals surface area contributed by atoms with Gasteiger partial charge in [0.15, 0.2) is 5.82 Å². The fourth-order valence-corrected chi connectivity index (χ4v) is 2.75. The van der Waals surface area contributed by atoms with E-state index in [2.05, 4.69) is 47.1 Å². The summed E-state index contributed by atoms with van der Waals surface area (Å²) in [5.74, 6) is 2.71. The summed E-state index contributed by atoms with van der Waals surface area (Å²) < 4.78 is 10.9. The minimum atomic E-state index is 0.275. The van der Waals surface area contributed by atoms with Gasteiger partial charge in [0.1, 0.15) is 5.75 Å². The molecule has 1 aromatic carbocycles. The highest BCUT2D eigenvalue weighted by Gasteiger charge is 2.19. The molecule has 0 N–H and O–H groups in total. The summed E-state index contributed by atoms with van der Waals surface area (Å²) in [5, 5.41) is 4.08.